The van der Waals surface area contributed by atoms with Crippen LogP contribution in [0.15, 0.2) is 0 Å². The van der Waals surface area contributed by atoms with Gasteiger partial charge in [0.2, 0.25) is 0 Å². The van der Waals surface area contributed by atoms with Gasteiger partial charge in [-0.1, -0.05) is 26.7 Å². The Morgan fingerprint density at radius 3 is 2.62 bits per heavy atom. The summed E-state index contributed by atoms with van der Waals surface area (Å²) in [5.74, 6) is 2.50. The normalized spacial score (nSPS) is 11.9. The number of nitrogens with zero attached hydrogens (tertiary/aromatic N) is 4. The van der Waals surface area contributed by atoms with Crippen molar-refractivity contribution in [1.29, 1.82) is 0 Å². The summed E-state index contributed by atoms with van der Waals surface area (Å²) in [5, 5.41) is 4.59. The highest BCUT2D eigenvalue weighted by molar-refractivity contribution is 6.17. The number of fused-ring (bicyclic) bond motifs is 1. The molecular weight excluding hydrogens is 284 g/mol. The molecule has 0 saturated heterocycles. The van der Waals surface area contributed by atoms with Crippen LogP contribution in [-0.2, 0) is 19.5 Å². The van der Waals surface area contributed by atoms with Crippen molar-refractivity contribution in [2.24, 2.45) is 5.92 Å². The summed E-state index contributed by atoms with van der Waals surface area (Å²) in [7, 11) is 0. The average Bonchev–Trinajstić information content (AvgIpc) is 2.94. The molecule has 4 nitrogen and oxygen atoms in total. The van der Waals surface area contributed by atoms with Crippen LogP contribution in [0.5, 0.6) is 0 Å². The number of alkyl halides is 1. The first-order valence-corrected chi connectivity index (χ1v) is 8.60. The quantitative estimate of drug-likeness (QED) is 0.542. The molecule has 0 bridgehead atoms. The Labute approximate surface area is 132 Å². The van der Waals surface area contributed by atoms with E-state index in [0.29, 0.717) is 5.88 Å². The molecule has 0 atom stereocenters. The molecule has 5 heteroatoms. The molecule has 0 aromatic carbocycles. The lowest BCUT2D eigenvalue weighted by Crippen LogP contribution is -2.10. The van der Waals surface area contributed by atoms with Crippen LogP contribution in [0.2, 0.25) is 0 Å². The van der Waals surface area contributed by atoms with Gasteiger partial charge in [0.05, 0.1) is 5.69 Å². The number of halogens is 1. The Balaban J connectivity index is 2.26. The van der Waals surface area contributed by atoms with Crippen molar-refractivity contribution in [3.63, 3.8) is 0 Å². The van der Waals surface area contributed by atoms with E-state index in [2.05, 4.69) is 35.1 Å². The molecule has 2 aromatic rings. The molecule has 0 saturated carbocycles. The Morgan fingerprint density at radius 1 is 1.24 bits per heavy atom. The maximum Gasteiger partial charge on any atom is 0.158 e. The Hall–Kier alpha value is -1.03. The highest BCUT2D eigenvalue weighted by Crippen LogP contribution is 2.21. The van der Waals surface area contributed by atoms with Gasteiger partial charge in [-0.05, 0) is 26.2 Å². The molecule has 2 heterocycles. The van der Waals surface area contributed by atoms with Crippen molar-refractivity contribution < 1.29 is 0 Å². The molecular formula is C16H27ClN4. The molecule has 2 rings (SSSR count). The summed E-state index contributed by atoms with van der Waals surface area (Å²) in [6, 6.07) is 0. The maximum absolute atomic E-state index is 5.94. The molecule has 21 heavy (non-hydrogen) atoms. The Morgan fingerprint density at radius 2 is 2.00 bits per heavy atom. The lowest BCUT2D eigenvalue weighted by molar-refractivity contribution is 0.502. The van der Waals surface area contributed by atoms with Crippen LogP contribution in [0, 0.1) is 12.8 Å². The number of hydrogen-bond donors (Lipinski definition) is 0. The molecule has 0 aliphatic carbocycles. The monoisotopic (exact) mass is 310 g/mol. The minimum atomic E-state index is 0.615. The third kappa shape index (κ3) is 3.60. The first-order chi connectivity index (χ1) is 10.1. The second-order valence-electron chi connectivity index (χ2n) is 6.08. The van der Waals surface area contributed by atoms with Crippen LogP contribution in [-0.4, -0.2) is 25.2 Å². The van der Waals surface area contributed by atoms with E-state index in [9.17, 15) is 0 Å². The maximum atomic E-state index is 5.94. The van der Waals surface area contributed by atoms with Crippen molar-refractivity contribution in [3.8, 4) is 0 Å². The van der Waals surface area contributed by atoms with Crippen molar-refractivity contribution in [2.45, 2.75) is 66.5 Å². The summed E-state index contributed by atoms with van der Waals surface area (Å²) in [5.41, 5.74) is 3.23. The standard InChI is InChI=1S/C16H27ClN4/c1-5-21-16-15(13(4)19-21)18-14(9-10-17)20(16)11-7-6-8-12(2)3/h12H,5-11H2,1-4H3. The predicted octanol–water partition coefficient (Wildman–Crippen LogP) is 4.17. The van der Waals surface area contributed by atoms with Gasteiger partial charge in [0, 0.05) is 25.4 Å². The van der Waals surface area contributed by atoms with Crippen LogP contribution in [0.1, 0.15) is 51.6 Å². The van der Waals surface area contributed by atoms with Gasteiger partial charge in [-0.3, -0.25) is 0 Å². The fourth-order valence-corrected chi connectivity index (χ4v) is 2.99. The van der Waals surface area contributed by atoms with E-state index in [-0.39, 0.29) is 0 Å². The third-order valence-electron chi connectivity index (χ3n) is 3.91. The van der Waals surface area contributed by atoms with Crippen LogP contribution in [0.3, 0.4) is 0 Å². The molecule has 2 aromatic heterocycles. The first-order valence-electron chi connectivity index (χ1n) is 8.06. The summed E-state index contributed by atoms with van der Waals surface area (Å²) in [4.78, 5) is 4.78. The third-order valence-corrected chi connectivity index (χ3v) is 4.10. The van der Waals surface area contributed by atoms with Crippen LogP contribution < -0.4 is 0 Å². The predicted molar refractivity (Wildman–Crippen MR) is 89.0 cm³/mol. The largest absolute Gasteiger partial charge is 0.313 e. The molecule has 0 spiro atoms. The summed E-state index contributed by atoms with van der Waals surface area (Å²) >= 11 is 5.94. The molecule has 0 unspecified atom stereocenters. The zero-order chi connectivity index (χ0) is 15.4. The van der Waals surface area contributed by atoms with Crippen LogP contribution in [0.25, 0.3) is 11.2 Å². The number of unbranched alkanes of at least 4 members (excludes halogenated alkanes) is 1. The van der Waals surface area contributed by atoms with E-state index < -0.39 is 0 Å². The van der Waals surface area contributed by atoms with Gasteiger partial charge in [0.1, 0.15) is 11.3 Å². The second kappa shape index (κ2) is 7.30. The number of hydrogen-bond acceptors (Lipinski definition) is 2. The van der Waals surface area contributed by atoms with E-state index in [1.54, 1.807) is 0 Å². The van der Waals surface area contributed by atoms with E-state index in [1.165, 1.54) is 24.9 Å². The summed E-state index contributed by atoms with van der Waals surface area (Å²) in [6.07, 6.45) is 4.56. The van der Waals surface area contributed by atoms with Crippen LogP contribution >= 0.6 is 11.6 Å². The number of imidazole rings is 1. The minimum Gasteiger partial charge on any atom is -0.313 e. The SMILES string of the molecule is CCn1nc(C)c2nc(CCCl)n(CCCCC(C)C)c21. The number of rotatable bonds is 8. The average molecular weight is 311 g/mol. The molecule has 0 aliphatic heterocycles. The highest BCUT2D eigenvalue weighted by Gasteiger charge is 2.17. The Bertz CT molecular complexity index is 583. The highest BCUT2D eigenvalue weighted by atomic mass is 35.5. The van der Waals surface area contributed by atoms with Gasteiger partial charge in [-0.25, -0.2) is 9.67 Å². The lowest BCUT2D eigenvalue weighted by Gasteiger charge is -2.10. The Kier molecular flexibility index (Phi) is 5.68. The van der Waals surface area contributed by atoms with Crippen molar-refractivity contribution >= 4 is 22.8 Å². The molecule has 0 aliphatic rings. The van der Waals surface area contributed by atoms with E-state index in [1.807, 2.05) is 6.92 Å². The zero-order valence-electron chi connectivity index (χ0n) is 13.7. The van der Waals surface area contributed by atoms with Gasteiger partial charge in [-0.2, -0.15) is 5.10 Å². The molecule has 118 valence electrons. The van der Waals surface area contributed by atoms with Gasteiger partial charge in [-0.15, -0.1) is 11.6 Å². The molecule has 0 radical (unpaired) electrons. The number of aromatic nitrogens is 4. The topological polar surface area (TPSA) is 35.6 Å². The lowest BCUT2D eigenvalue weighted by atomic mass is 10.1. The van der Waals surface area contributed by atoms with Crippen molar-refractivity contribution in [1.82, 2.24) is 19.3 Å². The van der Waals surface area contributed by atoms with Crippen molar-refractivity contribution in [3.05, 3.63) is 11.5 Å². The second-order valence-corrected chi connectivity index (χ2v) is 6.46. The van der Waals surface area contributed by atoms with Gasteiger partial charge < -0.3 is 4.57 Å². The van der Waals surface area contributed by atoms with Crippen molar-refractivity contribution in [2.75, 3.05) is 5.88 Å². The van der Waals surface area contributed by atoms with Crippen LogP contribution in [0.4, 0.5) is 0 Å². The van der Waals surface area contributed by atoms with E-state index in [0.717, 1.165) is 42.5 Å². The van der Waals surface area contributed by atoms with Gasteiger partial charge >= 0.3 is 0 Å². The number of aryl methyl sites for hydroxylation is 4. The zero-order valence-corrected chi connectivity index (χ0v) is 14.4. The van der Waals surface area contributed by atoms with E-state index in [4.69, 9.17) is 16.6 Å². The van der Waals surface area contributed by atoms with Gasteiger partial charge in [0.25, 0.3) is 0 Å². The summed E-state index contributed by atoms with van der Waals surface area (Å²) < 4.78 is 4.40. The smallest absolute Gasteiger partial charge is 0.158 e. The minimum absolute atomic E-state index is 0.615. The summed E-state index contributed by atoms with van der Waals surface area (Å²) in [6.45, 7) is 10.6. The fourth-order valence-electron chi connectivity index (χ4n) is 2.82. The molecule has 0 fully saturated rings. The fraction of sp³-hybridized carbons (Fsp3) is 0.750. The molecule has 0 N–H and O–H groups in total. The van der Waals surface area contributed by atoms with Gasteiger partial charge in [0.15, 0.2) is 5.65 Å². The molecule has 0 amide bonds. The first kappa shape index (κ1) is 16.3. The van der Waals surface area contributed by atoms with E-state index >= 15 is 0 Å².